The predicted molar refractivity (Wildman–Crippen MR) is 89.8 cm³/mol. The van der Waals surface area contributed by atoms with Gasteiger partial charge in [0.05, 0.1) is 11.1 Å². The lowest BCUT2D eigenvalue weighted by atomic mass is 10.2. The topological polar surface area (TPSA) is 64.1 Å². The molecule has 1 aromatic carbocycles. The van der Waals surface area contributed by atoms with Crippen molar-refractivity contribution in [3.8, 4) is 11.6 Å². The number of nitrogens with one attached hydrogen (secondary N) is 1. The first-order valence-corrected chi connectivity index (χ1v) is 7.82. The van der Waals surface area contributed by atoms with Crippen LogP contribution in [-0.2, 0) is 4.79 Å². The smallest absolute Gasteiger partial charge is 0.263 e. The Hall–Kier alpha value is -2.03. The van der Waals surface area contributed by atoms with Crippen LogP contribution in [0, 0.1) is 5.82 Å². The summed E-state index contributed by atoms with van der Waals surface area (Å²) in [6.07, 6.45) is 2.63. The van der Waals surface area contributed by atoms with Gasteiger partial charge >= 0.3 is 0 Å². The SMILES string of the molecule is O=C1NC(=S)SC1=Cc1ccc(Oc2nc(Cl)ncc2F)cc1. The van der Waals surface area contributed by atoms with Crippen LogP contribution < -0.4 is 10.1 Å². The number of thioether (sulfide) groups is 1. The summed E-state index contributed by atoms with van der Waals surface area (Å²) in [6.45, 7) is 0. The number of carbonyl (C=O) groups is 1. The van der Waals surface area contributed by atoms with Gasteiger partial charge in [0.25, 0.3) is 11.8 Å². The highest BCUT2D eigenvalue weighted by molar-refractivity contribution is 8.26. The van der Waals surface area contributed by atoms with Gasteiger partial charge < -0.3 is 10.1 Å². The van der Waals surface area contributed by atoms with Crippen molar-refractivity contribution in [3.63, 3.8) is 0 Å². The largest absolute Gasteiger partial charge is 0.436 e. The minimum absolute atomic E-state index is 0.108. The Kier molecular flexibility index (Phi) is 4.56. The molecule has 116 valence electrons. The van der Waals surface area contributed by atoms with Crippen LogP contribution in [0.1, 0.15) is 5.56 Å². The average molecular weight is 368 g/mol. The second-order valence-corrected chi connectivity index (χ2v) is 6.37. The molecule has 0 aliphatic carbocycles. The van der Waals surface area contributed by atoms with Crippen molar-refractivity contribution in [3.05, 3.63) is 52.0 Å². The van der Waals surface area contributed by atoms with Gasteiger partial charge in [-0.25, -0.2) is 4.98 Å². The molecule has 0 unspecified atom stereocenters. The fraction of sp³-hybridized carbons (Fsp3) is 0. The number of ether oxygens (including phenoxy) is 1. The molecular formula is C14H7ClFN3O2S2. The van der Waals surface area contributed by atoms with Gasteiger partial charge in [0.1, 0.15) is 10.1 Å². The van der Waals surface area contributed by atoms with Crippen molar-refractivity contribution in [2.24, 2.45) is 0 Å². The van der Waals surface area contributed by atoms with Crippen LogP contribution in [0.15, 0.2) is 35.4 Å². The molecule has 0 bridgehead atoms. The zero-order valence-corrected chi connectivity index (χ0v) is 13.6. The zero-order chi connectivity index (χ0) is 16.4. The summed E-state index contributed by atoms with van der Waals surface area (Å²) in [6, 6.07) is 6.69. The summed E-state index contributed by atoms with van der Waals surface area (Å²) in [5, 5.41) is 2.43. The van der Waals surface area contributed by atoms with Gasteiger partial charge in [-0.2, -0.15) is 9.37 Å². The van der Waals surface area contributed by atoms with Gasteiger partial charge in [-0.15, -0.1) is 0 Å². The normalized spacial score (nSPS) is 15.8. The first-order chi connectivity index (χ1) is 11.0. The van der Waals surface area contributed by atoms with E-state index in [1.165, 1.54) is 11.8 Å². The molecule has 1 aliphatic rings. The molecule has 5 nitrogen and oxygen atoms in total. The Morgan fingerprint density at radius 3 is 2.74 bits per heavy atom. The molecule has 0 radical (unpaired) electrons. The third-order valence-corrected chi connectivity index (χ3v) is 4.06. The minimum atomic E-state index is -0.715. The van der Waals surface area contributed by atoms with E-state index in [0.29, 0.717) is 15.0 Å². The van der Waals surface area contributed by atoms with Crippen LogP contribution in [0.2, 0.25) is 5.28 Å². The average Bonchev–Trinajstić information content (AvgIpc) is 2.83. The number of carbonyl (C=O) groups excluding carboxylic acids is 1. The lowest BCUT2D eigenvalue weighted by Crippen LogP contribution is -2.17. The zero-order valence-electron chi connectivity index (χ0n) is 11.2. The van der Waals surface area contributed by atoms with Crippen molar-refractivity contribution in [2.45, 2.75) is 0 Å². The van der Waals surface area contributed by atoms with Crippen molar-refractivity contribution in [2.75, 3.05) is 0 Å². The summed E-state index contributed by atoms with van der Waals surface area (Å²) < 4.78 is 19.3. The van der Waals surface area contributed by atoms with Gasteiger partial charge in [0.2, 0.25) is 11.1 Å². The van der Waals surface area contributed by atoms with Crippen LogP contribution in [0.25, 0.3) is 6.08 Å². The molecule has 1 N–H and O–H groups in total. The monoisotopic (exact) mass is 367 g/mol. The number of amides is 1. The summed E-state index contributed by atoms with van der Waals surface area (Å²) in [7, 11) is 0. The number of rotatable bonds is 3. The molecule has 1 fully saturated rings. The fourth-order valence-electron chi connectivity index (χ4n) is 1.72. The van der Waals surface area contributed by atoms with Gasteiger partial charge in [-0.3, -0.25) is 4.79 Å². The van der Waals surface area contributed by atoms with Gasteiger partial charge in [0.15, 0.2) is 0 Å². The highest BCUT2D eigenvalue weighted by Gasteiger charge is 2.21. The molecule has 1 amide bonds. The maximum atomic E-state index is 13.5. The van der Waals surface area contributed by atoms with Crippen molar-refractivity contribution in [1.29, 1.82) is 0 Å². The highest BCUT2D eigenvalue weighted by Crippen LogP contribution is 2.27. The number of benzene rings is 1. The Morgan fingerprint density at radius 1 is 1.35 bits per heavy atom. The maximum Gasteiger partial charge on any atom is 0.263 e. The molecule has 3 rings (SSSR count). The Bertz CT molecular complexity index is 827. The van der Waals surface area contributed by atoms with Crippen LogP contribution in [0.3, 0.4) is 0 Å². The standard InChI is InChI=1S/C14H7ClFN3O2S2/c15-13-17-6-9(16)12(19-13)21-8-3-1-7(2-4-8)5-10-11(20)18-14(22)23-10/h1-6H,(H,18,20,22). The molecule has 9 heteroatoms. The summed E-state index contributed by atoms with van der Waals surface area (Å²) >= 11 is 11.7. The van der Waals surface area contributed by atoms with Crippen LogP contribution >= 0.6 is 35.6 Å². The van der Waals surface area contributed by atoms with E-state index in [2.05, 4.69) is 15.3 Å². The third-order valence-electron chi connectivity index (χ3n) is 2.72. The van der Waals surface area contributed by atoms with Crippen LogP contribution in [-0.4, -0.2) is 20.2 Å². The van der Waals surface area contributed by atoms with Gasteiger partial charge in [0, 0.05) is 0 Å². The molecule has 0 saturated carbocycles. The minimum Gasteiger partial charge on any atom is -0.436 e. The number of hydrogen-bond acceptors (Lipinski definition) is 6. The summed E-state index contributed by atoms with van der Waals surface area (Å²) in [5.74, 6) is -0.821. The second kappa shape index (κ2) is 6.61. The Labute approximate surface area is 144 Å². The van der Waals surface area contributed by atoms with Crippen molar-refractivity contribution >= 4 is 51.9 Å². The molecule has 23 heavy (non-hydrogen) atoms. The predicted octanol–water partition coefficient (Wildman–Crippen LogP) is 3.55. The summed E-state index contributed by atoms with van der Waals surface area (Å²) in [4.78, 5) is 19.3. The number of hydrogen-bond donors (Lipinski definition) is 1. The van der Waals surface area contributed by atoms with E-state index in [9.17, 15) is 9.18 Å². The first-order valence-electron chi connectivity index (χ1n) is 6.22. The molecule has 1 aromatic heterocycles. The number of aromatic nitrogens is 2. The highest BCUT2D eigenvalue weighted by atomic mass is 35.5. The van der Waals surface area contributed by atoms with E-state index < -0.39 is 5.82 Å². The second-order valence-electron chi connectivity index (χ2n) is 4.32. The molecular weight excluding hydrogens is 361 g/mol. The fourth-order valence-corrected chi connectivity index (χ4v) is 2.89. The molecule has 1 saturated heterocycles. The van der Waals surface area contributed by atoms with E-state index in [1.807, 2.05) is 0 Å². The number of thiocarbonyl (C=S) groups is 1. The maximum absolute atomic E-state index is 13.5. The third kappa shape index (κ3) is 3.84. The van der Waals surface area contributed by atoms with E-state index in [1.54, 1.807) is 30.3 Å². The number of halogens is 2. The number of nitrogens with zero attached hydrogens (tertiary/aromatic N) is 2. The van der Waals surface area contributed by atoms with E-state index in [0.717, 1.165) is 11.8 Å². The lowest BCUT2D eigenvalue weighted by molar-refractivity contribution is -0.115. The quantitative estimate of drug-likeness (QED) is 0.508. The molecule has 0 spiro atoms. The molecule has 2 heterocycles. The van der Waals surface area contributed by atoms with E-state index in [4.69, 9.17) is 28.6 Å². The lowest BCUT2D eigenvalue weighted by Gasteiger charge is -2.05. The van der Waals surface area contributed by atoms with Crippen molar-refractivity contribution in [1.82, 2.24) is 15.3 Å². The first kappa shape index (κ1) is 15.9. The molecule has 1 aliphatic heterocycles. The van der Waals surface area contributed by atoms with E-state index in [-0.39, 0.29) is 17.1 Å². The van der Waals surface area contributed by atoms with Crippen molar-refractivity contribution < 1.29 is 13.9 Å². The Balaban J connectivity index is 1.77. The molecule has 0 atom stereocenters. The van der Waals surface area contributed by atoms with Gasteiger partial charge in [-0.1, -0.05) is 36.1 Å². The van der Waals surface area contributed by atoms with E-state index >= 15 is 0 Å². The summed E-state index contributed by atoms with van der Waals surface area (Å²) in [5.41, 5.74) is 0.779. The van der Waals surface area contributed by atoms with Crippen LogP contribution in [0.4, 0.5) is 4.39 Å². The van der Waals surface area contributed by atoms with Crippen LogP contribution in [0.5, 0.6) is 11.6 Å². The molecule has 2 aromatic rings. The van der Waals surface area contributed by atoms with Gasteiger partial charge in [-0.05, 0) is 35.4 Å². The Morgan fingerprint density at radius 2 is 2.09 bits per heavy atom.